The maximum Gasteiger partial charge on any atom is 0.223 e. The molecule has 1 fully saturated rings. The third kappa shape index (κ3) is 4.88. The number of aromatic hydroxyl groups is 1. The molecule has 0 unspecified atom stereocenters. The van der Waals surface area contributed by atoms with Crippen LogP contribution in [0.15, 0.2) is 36.4 Å². The highest BCUT2D eigenvalue weighted by molar-refractivity contribution is 14.1. The van der Waals surface area contributed by atoms with Gasteiger partial charge in [0.15, 0.2) is 0 Å². The molecular formula is C20H22INO4. The van der Waals surface area contributed by atoms with Gasteiger partial charge in [0.05, 0.1) is 16.8 Å². The Hall–Kier alpha value is -1.80. The minimum absolute atomic E-state index is 0.186. The summed E-state index contributed by atoms with van der Waals surface area (Å²) in [6.45, 7) is 4.65. The number of hydrogen-bond acceptors (Lipinski definition) is 4. The SMILES string of the molecule is Cc1cc(CCC(=O)N2CCOCC2)cc(I)c1Oc1ccc(O)cc1. The molecule has 1 saturated heterocycles. The molecule has 1 aliphatic heterocycles. The third-order valence-electron chi connectivity index (χ3n) is 4.34. The minimum atomic E-state index is 0.186. The molecule has 2 aromatic rings. The van der Waals surface area contributed by atoms with Crippen molar-refractivity contribution >= 4 is 28.5 Å². The van der Waals surface area contributed by atoms with E-state index in [1.165, 1.54) is 0 Å². The van der Waals surface area contributed by atoms with Crippen LogP contribution in [0.25, 0.3) is 0 Å². The lowest BCUT2D eigenvalue weighted by Crippen LogP contribution is -2.40. The van der Waals surface area contributed by atoms with Crippen molar-refractivity contribution in [1.82, 2.24) is 4.90 Å². The molecule has 0 bridgehead atoms. The molecule has 0 spiro atoms. The zero-order chi connectivity index (χ0) is 18.5. The summed E-state index contributed by atoms with van der Waals surface area (Å²) in [6, 6.07) is 10.8. The number of hydrogen-bond donors (Lipinski definition) is 1. The van der Waals surface area contributed by atoms with Gasteiger partial charge in [-0.25, -0.2) is 0 Å². The van der Waals surface area contributed by atoms with E-state index in [2.05, 4.69) is 34.7 Å². The van der Waals surface area contributed by atoms with Crippen LogP contribution < -0.4 is 4.74 Å². The molecule has 0 aromatic heterocycles. The van der Waals surface area contributed by atoms with Gasteiger partial charge < -0.3 is 19.5 Å². The fraction of sp³-hybridized carbons (Fsp3) is 0.350. The topological polar surface area (TPSA) is 59.0 Å². The maximum absolute atomic E-state index is 12.3. The smallest absolute Gasteiger partial charge is 0.223 e. The molecule has 0 saturated carbocycles. The zero-order valence-corrected chi connectivity index (χ0v) is 16.9. The molecule has 138 valence electrons. The normalized spacial score (nSPS) is 14.3. The average Bonchev–Trinajstić information content (AvgIpc) is 2.65. The summed E-state index contributed by atoms with van der Waals surface area (Å²) < 4.78 is 12.3. The van der Waals surface area contributed by atoms with Crippen LogP contribution in [0.2, 0.25) is 0 Å². The molecule has 2 aromatic carbocycles. The molecular weight excluding hydrogens is 445 g/mol. The number of nitrogens with zero attached hydrogens (tertiary/aromatic N) is 1. The predicted molar refractivity (Wildman–Crippen MR) is 108 cm³/mol. The van der Waals surface area contributed by atoms with Crippen LogP contribution in [0.1, 0.15) is 17.5 Å². The van der Waals surface area contributed by atoms with Gasteiger partial charge in [-0.1, -0.05) is 6.07 Å². The number of phenols is 1. The Labute approximate surface area is 167 Å². The van der Waals surface area contributed by atoms with Gasteiger partial charge >= 0.3 is 0 Å². The molecule has 3 rings (SSSR count). The largest absolute Gasteiger partial charge is 0.508 e. The number of morpholine rings is 1. The molecule has 1 amide bonds. The second-order valence-electron chi connectivity index (χ2n) is 6.31. The number of carbonyl (C=O) groups excluding carboxylic acids is 1. The second kappa shape index (κ2) is 8.73. The second-order valence-corrected chi connectivity index (χ2v) is 7.47. The lowest BCUT2D eigenvalue weighted by atomic mass is 10.1. The quantitative estimate of drug-likeness (QED) is 0.679. The number of halogens is 1. The van der Waals surface area contributed by atoms with Crippen molar-refractivity contribution in [3.63, 3.8) is 0 Å². The number of aryl methyl sites for hydroxylation is 2. The number of ether oxygens (including phenoxy) is 2. The van der Waals surface area contributed by atoms with Gasteiger partial charge in [-0.05, 0) is 77.4 Å². The Kier molecular flexibility index (Phi) is 6.37. The van der Waals surface area contributed by atoms with E-state index in [0.29, 0.717) is 44.9 Å². The van der Waals surface area contributed by atoms with E-state index in [9.17, 15) is 9.90 Å². The van der Waals surface area contributed by atoms with Crippen molar-refractivity contribution in [3.8, 4) is 17.2 Å². The monoisotopic (exact) mass is 467 g/mol. The Balaban J connectivity index is 1.64. The average molecular weight is 467 g/mol. The van der Waals surface area contributed by atoms with Gasteiger partial charge in [0.1, 0.15) is 17.2 Å². The lowest BCUT2D eigenvalue weighted by molar-refractivity contribution is -0.135. The van der Waals surface area contributed by atoms with Crippen molar-refractivity contribution in [2.24, 2.45) is 0 Å². The van der Waals surface area contributed by atoms with Crippen LogP contribution >= 0.6 is 22.6 Å². The van der Waals surface area contributed by atoms with Gasteiger partial charge in [-0.15, -0.1) is 0 Å². The fourth-order valence-corrected chi connectivity index (χ4v) is 3.87. The Morgan fingerprint density at radius 3 is 2.58 bits per heavy atom. The number of amides is 1. The molecule has 1 heterocycles. The van der Waals surface area contributed by atoms with E-state index in [-0.39, 0.29) is 11.7 Å². The van der Waals surface area contributed by atoms with E-state index >= 15 is 0 Å². The van der Waals surface area contributed by atoms with Crippen LogP contribution in [-0.2, 0) is 16.0 Å². The van der Waals surface area contributed by atoms with Gasteiger partial charge in [0, 0.05) is 19.5 Å². The standard InChI is InChI=1S/C20H22INO4/c1-14-12-15(2-7-19(24)22-8-10-25-11-9-22)13-18(21)20(14)26-17-5-3-16(23)4-6-17/h3-6,12-13,23H,2,7-11H2,1H3. The van der Waals surface area contributed by atoms with Crippen molar-refractivity contribution in [2.45, 2.75) is 19.8 Å². The van der Waals surface area contributed by atoms with Gasteiger partial charge in [-0.2, -0.15) is 0 Å². The highest BCUT2D eigenvalue weighted by Gasteiger charge is 2.17. The van der Waals surface area contributed by atoms with Crippen molar-refractivity contribution < 1.29 is 19.4 Å². The van der Waals surface area contributed by atoms with E-state index < -0.39 is 0 Å². The summed E-state index contributed by atoms with van der Waals surface area (Å²) in [4.78, 5) is 14.2. The Morgan fingerprint density at radius 1 is 1.23 bits per heavy atom. The van der Waals surface area contributed by atoms with E-state index in [1.54, 1.807) is 24.3 Å². The Morgan fingerprint density at radius 2 is 1.92 bits per heavy atom. The summed E-state index contributed by atoms with van der Waals surface area (Å²) in [5, 5.41) is 9.37. The van der Waals surface area contributed by atoms with Crippen molar-refractivity contribution in [1.29, 1.82) is 0 Å². The molecule has 26 heavy (non-hydrogen) atoms. The highest BCUT2D eigenvalue weighted by Crippen LogP contribution is 2.32. The van der Waals surface area contributed by atoms with E-state index in [0.717, 1.165) is 20.4 Å². The van der Waals surface area contributed by atoms with Crippen LogP contribution in [0.4, 0.5) is 0 Å². The molecule has 0 aliphatic carbocycles. The highest BCUT2D eigenvalue weighted by atomic mass is 127. The van der Waals surface area contributed by atoms with E-state index in [1.807, 2.05) is 11.8 Å². The fourth-order valence-electron chi connectivity index (χ4n) is 2.93. The molecule has 1 aliphatic rings. The zero-order valence-electron chi connectivity index (χ0n) is 14.7. The Bertz CT molecular complexity index is 747. The number of carbonyl (C=O) groups is 1. The first-order valence-electron chi connectivity index (χ1n) is 8.64. The maximum atomic E-state index is 12.3. The molecule has 1 N–H and O–H groups in total. The number of rotatable bonds is 5. The molecule has 5 nitrogen and oxygen atoms in total. The van der Waals surface area contributed by atoms with Crippen LogP contribution in [0, 0.1) is 10.5 Å². The first-order valence-corrected chi connectivity index (χ1v) is 9.72. The summed E-state index contributed by atoms with van der Waals surface area (Å²) >= 11 is 2.26. The van der Waals surface area contributed by atoms with Crippen LogP contribution in [0.3, 0.4) is 0 Å². The lowest BCUT2D eigenvalue weighted by Gasteiger charge is -2.26. The van der Waals surface area contributed by atoms with Gasteiger partial charge in [0.2, 0.25) is 5.91 Å². The van der Waals surface area contributed by atoms with Crippen LogP contribution in [-0.4, -0.2) is 42.2 Å². The minimum Gasteiger partial charge on any atom is -0.508 e. The first kappa shape index (κ1) is 19.0. The summed E-state index contributed by atoms with van der Waals surface area (Å²) in [5.74, 6) is 1.88. The summed E-state index contributed by atoms with van der Waals surface area (Å²) in [5.41, 5.74) is 2.16. The molecule has 6 heteroatoms. The molecule has 0 atom stereocenters. The summed E-state index contributed by atoms with van der Waals surface area (Å²) in [6.07, 6.45) is 1.22. The number of benzene rings is 2. The number of phenolic OH excluding ortho intramolecular Hbond substituents is 1. The van der Waals surface area contributed by atoms with Crippen molar-refractivity contribution in [3.05, 3.63) is 51.1 Å². The van der Waals surface area contributed by atoms with Crippen LogP contribution in [0.5, 0.6) is 17.2 Å². The van der Waals surface area contributed by atoms with Crippen molar-refractivity contribution in [2.75, 3.05) is 26.3 Å². The summed E-state index contributed by atoms with van der Waals surface area (Å²) in [7, 11) is 0. The first-order chi connectivity index (χ1) is 12.5. The van der Waals surface area contributed by atoms with E-state index in [4.69, 9.17) is 9.47 Å². The third-order valence-corrected chi connectivity index (χ3v) is 5.14. The van der Waals surface area contributed by atoms with Gasteiger partial charge in [0.25, 0.3) is 0 Å². The predicted octanol–water partition coefficient (Wildman–Crippen LogP) is 3.89. The molecule has 0 radical (unpaired) electrons. The van der Waals surface area contributed by atoms with Gasteiger partial charge in [-0.3, -0.25) is 4.79 Å².